The van der Waals surface area contributed by atoms with Crippen LogP contribution in [-0.2, 0) is 11.8 Å². The van der Waals surface area contributed by atoms with Gasteiger partial charge in [0.25, 0.3) is 0 Å². The molecular formula is C16H16N4O3. The number of methoxy groups -OCH3 is 1. The summed E-state index contributed by atoms with van der Waals surface area (Å²) in [6, 6.07) is 8.82. The molecule has 0 aliphatic heterocycles. The van der Waals surface area contributed by atoms with Crippen LogP contribution in [0.5, 0.6) is 5.75 Å². The lowest BCUT2D eigenvalue weighted by molar-refractivity contribution is -0.116. The zero-order chi connectivity index (χ0) is 16.8. The van der Waals surface area contributed by atoms with Gasteiger partial charge in [-0.1, -0.05) is 12.1 Å². The summed E-state index contributed by atoms with van der Waals surface area (Å²) in [7, 11) is 3.11. The number of benzene rings is 1. The van der Waals surface area contributed by atoms with Gasteiger partial charge in [-0.15, -0.1) is 0 Å². The second-order valence-electron chi connectivity index (χ2n) is 4.81. The van der Waals surface area contributed by atoms with Crippen LogP contribution in [0.3, 0.4) is 0 Å². The third-order valence-corrected chi connectivity index (χ3v) is 3.30. The molecule has 2 aromatic rings. The first-order valence-corrected chi connectivity index (χ1v) is 6.95. The summed E-state index contributed by atoms with van der Waals surface area (Å²) in [6.07, 6.45) is 1.43. The highest BCUT2D eigenvalue weighted by Crippen LogP contribution is 2.20. The van der Waals surface area contributed by atoms with Crippen LogP contribution in [0.1, 0.15) is 28.8 Å². The third-order valence-electron chi connectivity index (χ3n) is 3.30. The van der Waals surface area contributed by atoms with Crippen molar-refractivity contribution in [3.8, 4) is 11.8 Å². The molecule has 0 spiro atoms. The maximum atomic E-state index is 12.2. The highest BCUT2D eigenvalue weighted by Gasteiger charge is 2.15. The number of carbonyl (C=O) groups is 2. The van der Waals surface area contributed by atoms with Gasteiger partial charge in [0.1, 0.15) is 23.2 Å². The van der Waals surface area contributed by atoms with E-state index in [-0.39, 0.29) is 30.1 Å². The van der Waals surface area contributed by atoms with Crippen molar-refractivity contribution < 1.29 is 14.3 Å². The zero-order valence-corrected chi connectivity index (χ0v) is 12.9. The van der Waals surface area contributed by atoms with Gasteiger partial charge in [0.05, 0.1) is 18.9 Å². The van der Waals surface area contributed by atoms with E-state index in [9.17, 15) is 9.59 Å². The van der Waals surface area contributed by atoms with E-state index < -0.39 is 0 Å². The first-order valence-electron chi connectivity index (χ1n) is 6.95. The van der Waals surface area contributed by atoms with Crippen molar-refractivity contribution in [3.63, 3.8) is 0 Å². The summed E-state index contributed by atoms with van der Waals surface area (Å²) < 4.78 is 6.54. The highest BCUT2D eigenvalue weighted by atomic mass is 16.5. The number of amides is 1. The van der Waals surface area contributed by atoms with E-state index in [1.165, 1.54) is 18.0 Å². The van der Waals surface area contributed by atoms with Crippen molar-refractivity contribution in [2.24, 2.45) is 7.05 Å². The smallest absolute Gasteiger partial charge is 0.226 e. The number of aromatic nitrogens is 2. The monoisotopic (exact) mass is 312 g/mol. The molecule has 1 heterocycles. The van der Waals surface area contributed by atoms with E-state index >= 15 is 0 Å². The fraction of sp³-hybridized carbons (Fsp3) is 0.250. The molecule has 0 radical (unpaired) electrons. The fourth-order valence-corrected chi connectivity index (χ4v) is 2.10. The standard InChI is InChI=1S/C16H16N4O3/c1-20-16(11(9-17)10-18-20)19-15(22)8-7-13(21)12-5-3-4-6-14(12)23-2/h3-6,10H,7-8H2,1-2H3,(H,19,22). The average Bonchev–Trinajstić information content (AvgIpc) is 2.92. The molecule has 0 saturated heterocycles. The van der Waals surface area contributed by atoms with Crippen LogP contribution in [0.25, 0.3) is 0 Å². The number of ether oxygens (including phenoxy) is 1. The lowest BCUT2D eigenvalue weighted by Crippen LogP contribution is -2.16. The normalized spacial score (nSPS) is 9.96. The second kappa shape index (κ2) is 7.22. The predicted octanol–water partition coefficient (Wildman–Crippen LogP) is 1.90. The number of rotatable bonds is 6. The van der Waals surface area contributed by atoms with Gasteiger partial charge in [0, 0.05) is 19.9 Å². The lowest BCUT2D eigenvalue weighted by atomic mass is 10.1. The molecular weight excluding hydrogens is 296 g/mol. The van der Waals surface area contributed by atoms with Gasteiger partial charge in [0.2, 0.25) is 5.91 Å². The Hall–Kier alpha value is -3.14. The van der Waals surface area contributed by atoms with Crippen LogP contribution in [-0.4, -0.2) is 28.6 Å². The van der Waals surface area contributed by atoms with Crippen molar-refractivity contribution in [1.82, 2.24) is 9.78 Å². The Balaban J connectivity index is 1.98. The van der Waals surface area contributed by atoms with Gasteiger partial charge >= 0.3 is 0 Å². The van der Waals surface area contributed by atoms with Crippen molar-refractivity contribution >= 4 is 17.5 Å². The topological polar surface area (TPSA) is 97.0 Å². The minimum Gasteiger partial charge on any atom is -0.496 e. The van der Waals surface area contributed by atoms with Gasteiger partial charge in [-0.3, -0.25) is 14.3 Å². The van der Waals surface area contributed by atoms with Crippen molar-refractivity contribution in [2.45, 2.75) is 12.8 Å². The Kier molecular flexibility index (Phi) is 5.10. The number of aryl methyl sites for hydroxylation is 1. The van der Waals surface area contributed by atoms with Gasteiger partial charge < -0.3 is 10.1 Å². The number of nitriles is 1. The van der Waals surface area contributed by atoms with E-state index in [0.29, 0.717) is 17.1 Å². The Morgan fingerprint density at radius 2 is 2.09 bits per heavy atom. The molecule has 0 unspecified atom stereocenters. The SMILES string of the molecule is COc1ccccc1C(=O)CCC(=O)Nc1c(C#N)cnn1C. The van der Waals surface area contributed by atoms with E-state index in [4.69, 9.17) is 10.00 Å². The highest BCUT2D eigenvalue weighted by molar-refractivity contribution is 6.01. The molecule has 7 heteroatoms. The van der Waals surface area contributed by atoms with Crippen LogP contribution < -0.4 is 10.1 Å². The molecule has 7 nitrogen and oxygen atoms in total. The number of para-hydroxylation sites is 1. The Labute approximate surface area is 133 Å². The van der Waals surface area contributed by atoms with E-state index in [1.807, 2.05) is 6.07 Å². The molecule has 0 aliphatic carbocycles. The summed E-state index contributed by atoms with van der Waals surface area (Å²) in [5.74, 6) is 0.273. The van der Waals surface area contributed by atoms with E-state index in [0.717, 1.165) is 0 Å². The minimum atomic E-state index is -0.353. The zero-order valence-electron chi connectivity index (χ0n) is 12.9. The number of nitrogens with one attached hydrogen (secondary N) is 1. The van der Waals surface area contributed by atoms with Gasteiger partial charge in [0.15, 0.2) is 5.78 Å². The van der Waals surface area contributed by atoms with Crippen molar-refractivity contribution in [1.29, 1.82) is 5.26 Å². The first kappa shape index (κ1) is 16.2. The quantitative estimate of drug-likeness (QED) is 0.822. The number of ketones is 1. The molecule has 23 heavy (non-hydrogen) atoms. The molecule has 0 fully saturated rings. The van der Waals surface area contributed by atoms with Gasteiger partial charge in [-0.2, -0.15) is 10.4 Å². The minimum absolute atomic E-state index is 0.00688. The molecule has 0 atom stereocenters. The summed E-state index contributed by atoms with van der Waals surface area (Å²) in [5, 5.41) is 15.4. The number of carbonyl (C=O) groups excluding carboxylic acids is 2. The van der Waals surface area contributed by atoms with Gasteiger partial charge in [-0.05, 0) is 12.1 Å². The molecule has 1 aromatic carbocycles. The molecule has 2 rings (SSSR count). The average molecular weight is 312 g/mol. The maximum Gasteiger partial charge on any atom is 0.226 e. The molecule has 0 bridgehead atoms. The van der Waals surface area contributed by atoms with Crippen LogP contribution >= 0.6 is 0 Å². The lowest BCUT2D eigenvalue weighted by Gasteiger charge is -2.08. The van der Waals surface area contributed by atoms with Crippen LogP contribution in [0.2, 0.25) is 0 Å². The summed E-state index contributed by atoms with van der Waals surface area (Å²) in [6.45, 7) is 0. The van der Waals surface area contributed by atoms with E-state index in [2.05, 4.69) is 10.4 Å². The van der Waals surface area contributed by atoms with Gasteiger partial charge in [-0.25, -0.2) is 0 Å². The van der Waals surface area contributed by atoms with Crippen LogP contribution in [0.4, 0.5) is 5.82 Å². The first-order chi connectivity index (χ1) is 11.1. The number of anilines is 1. The maximum absolute atomic E-state index is 12.2. The van der Waals surface area contributed by atoms with Crippen molar-refractivity contribution in [2.75, 3.05) is 12.4 Å². The third kappa shape index (κ3) is 3.74. The number of hydrogen-bond donors (Lipinski definition) is 1. The summed E-state index contributed by atoms with van der Waals surface area (Å²) >= 11 is 0. The largest absolute Gasteiger partial charge is 0.496 e. The van der Waals surface area contributed by atoms with E-state index in [1.54, 1.807) is 31.3 Å². The number of Topliss-reactive ketones (excluding diaryl/α,β-unsaturated/α-hetero) is 1. The number of hydrogen-bond acceptors (Lipinski definition) is 5. The molecule has 0 aliphatic rings. The Morgan fingerprint density at radius 1 is 1.35 bits per heavy atom. The second-order valence-corrected chi connectivity index (χ2v) is 4.81. The molecule has 0 saturated carbocycles. The summed E-state index contributed by atoms with van der Waals surface area (Å²) in [4.78, 5) is 24.2. The molecule has 1 N–H and O–H groups in total. The van der Waals surface area contributed by atoms with Crippen LogP contribution in [0.15, 0.2) is 30.5 Å². The Morgan fingerprint density at radius 3 is 2.78 bits per heavy atom. The summed E-state index contributed by atoms with van der Waals surface area (Å²) in [5.41, 5.74) is 0.720. The fourth-order valence-electron chi connectivity index (χ4n) is 2.10. The molecule has 1 amide bonds. The molecule has 118 valence electrons. The number of nitrogens with zero attached hydrogens (tertiary/aromatic N) is 3. The molecule has 1 aromatic heterocycles. The van der Waals surface area contributed by atoms with Crippen LogP contribution in [0, 0.1) is 11.3 Å². The predicted molar refractivity (Wildman–Crippen MR) is 83.1 cm³/mol. The Bertz CT molecular complexity index is 774. The van der Waals surface area contributed by atoms with Crippen molar-refractivity contribution in [3.05, 3.63) is 41.6 Å².